The van der Waals surface area contributed by atoms with E-state index in [0.29, 0.717) is 19.0 Å². The van der Waals surface area contributed by atoms with Gasteiger partial charge in [0.15, 0.2) is 0 Å². The number of nitrogens with one attached hydrogen (secondary N) is 2. The van der Waals surface area contributed by atoms with Crippen LogP contribution in [0, 0.1) is 11.3 Å². The van der Waals surface area contributed by atoms with Gasteiger partial charge in [0, 0.05) is 12.6 Å². The molecule has 1 aliphatic carbocycles. The van der Waals surface area contributed by atoms with Crippen LogP contribution in [0.25, 0.3) is 0 Å². The van der Waals surface area contributed by atoms with E-state index in [9.17, 15) is 4.79 Å². The number of carbonyl (C=O) groups is 1. The van der Waals surface area contributed by atoms with Crippen LogP contribution in [0.5, 0.6) is 0 Å². The number of ether oxygens (including phenoxy) is 1. The lowest BCUT2D eigenvalue weighted by atomic mass is 9.95. The van der Waals surface area contributed by atoms with Crippen LogP contribution in [0.4, 0.5) is 4.79 Å². The van der Waals surface area contributed by atoms with Crippen molar-refractivity contribution in [3.8, 4) is 6.07 Å². The monoisotopic (exact) mass is 281 g/mol. The summed E-state index contributed by atoms with van der Waals surface area (Å²) in [5.74, 6) is 0. The summed E-state index contributed by atoms with van der Waals surface area (Å²) in [5.41, 5.74) is -0.487. The van der Waals surface area contributed by atoms with Crippen molar-refractivity contribution in [3.05, 3.63) is 0 Å². The largest absolute Gasteiger partial charge is 0.444 e. The first-order valence-electron chi connectivity index (χ1n) is 7.53. The van der Waals surface area contributed by atoms with E-state index in [2.05, 4.69) is 16.7 Å². The molecular weight excluding hydrogens is 254 g/mol. The fourth-order valence-corrected chi connectivity index (χ4v) is 2.37. The van der Waals surface area contributed by atoms with Gasteiger partial charge in [0.1, 0.15) is 5.60 Å². The highest BCUT2D eigenvalue weighted by atomic mass is 16.6. The van der Waals surface area contributed by atoms with E-state index in [-0.39, 0.29) is 6.04 Å². The SMILES string of the molecule is CC(C)(C)OC(=O)NCCC(C#N)NC1CCCCC1. The van der Waals surface area contributed by atoms with Crippen molar-refractivity contribution < 1.29 is 9.53 Å². The van der Waals surface area contributed by atoms with Gasteiger partial charge in [-0.15, -0.1) is 0 Å². The second kappa shape index (κ2) is 8.11. The zero-order valence-corrected chi connectivity index (χ0v) is 12.9. The lowest BCUT2D eigenvalue weighted by Gasteiger charge is -2.25. The standard InChI is InChI=1S/C15H27N3O2/c1-15(2,3)20-14(19)17-10-9-13(11-16)18-12-7-5-4-6-8-12/h12-13,18H,4-10H2,1-3H3,(H,17,19). The summed E-state index contributed by atoms with van der Waals surface area (Å²) in [7, 11) is 0. The third kappa shape index (κ3) is 7.34. The molecule has 0 aromatic rings. The molecule has 0 aromatic heterocycles. The lowest BCUT2D eigenvalue weighted by Crippen LogP contribution is -2.41. The van der Waals surface area contributed by atoms with Crippen LogP contribution in [0.2, 0.25) is 0 Å². The van der Waals surface area contributed by atoms with Crippen molar-refractivity contribution in [1.82, 2.24) is 10.6 Å². The molecule has 114 valence electrons. The molecule has 0 aromatic carbocycles. The minimum absolute atomic E-state index is 0.201. The highest BCUT2D eigenvalue weighted by Gasteiger charge is 2.19. The molecule has 0 aliphatic heterocycles. The van der Waals surface area contributed by atoms with Crippen LogP contribution in [0.15, 0.2) is 0 Å². The Labute approximate surface area is 122 Å². The lowest BCUT2D eigenvalue weighted by molar-refractivity contribution is 0.0526. The van der Waals surface area contributed by atoms with Crippen molar-refractivity contribution >= 4 is 6.09 Å². The smallest absolute Gasteiger partial charge is 0.407 e. The number of alkyl carbamates (subject to hydrolysis) is 1. The Morgan fingerprint density at radius 3 is 2.55 bits per heavy atom. The number of nitrogens with zero attached hydrogens (tertiary/aromatic N) is 1. The molecule has 0 saturated heterocycles. The molecule has 1 fully saturated rings. The Morgan fingerprint density at radius 2 is 2.00 bits per heavy atom. The molecule has 5 nitrogen and oxygen atoms in total. The molecule has 0 bridgehead atoms. The van der Waals surface area contributed by atoms with Gasteiger partial charge in [-0.25, -0.2) is 4.79 Å². The van der Waals surface area contributed by atoms with Crippen LogP contribution in [-0.2, 0) is 4.74 Å². The van der Waals surface area contributed by atoms with Gasteiger partial charge in [-0.3, -0.25) is 5.32 Å². The highest BCUT2D eigenvalue weighted by Crippen LogP contribution is 2.18. The van der Waals surface area contributed by atoms with Gasteiger partial charge in [0.2, 0.25) is 0 Å². The van der Waals surface area contributed by atoms with Crippen LogP contribution < -0.4 is 10.6 Å². The maximum Gasteiger partial charge on any atom is 0.407 e. The molecule has 5 heteroatoms. The van der Waals surface area contributed by atoms with Gasteiger partial charge in [-0.2, -0.15) is 5.26 Å². The zero-order valence-electron chi connectivity index (χ0n) is 12.9. The molecule has 2 N–H and O–H groups in total. The summed E-state index contributed by atoms with van der Waals surface area (Å²) in [5, 5.41) is 15.2. The Bertz CT molecular complexity index is 338. The minimum Gasteiger partial charge on any atom is -0.444 e. The third-order valence-corrected chi connectivity index (χ3v) is 3.30. The molecule has 20 heavy (non-hydrogen) atoms. The van der Waals surface area contributed by atoms with Gasteiger partial charge in [0.25, 0.3) is 0 Å². The molecule has 1 amide bonds. The van der Waals surface area contributed by atoms with Crippen molar-refractivity contribution in [2.75, 3.05) is 6.54 Å². The van der Waals surface area contributed by atoms with E-state index in [1.165, 1.54) is 19.3 Å². The molecule has 1 aliphatic rings. The number of amides is 1. The molecule has 0 heterocycles. The average Bonchev–Trinajstić information content (AvgIpc) is 2.36. The molecule has 1 atom stereocenters. The Kier molecular flexibility index (Phi) is 6.80. The van der Waals surface area contributed by atoms with Crippen molar-refractivity contribution in [3.63, 3.8) is 0 Å². The summed E-state index contributed by atoms with van der Waals surface area (Å²) in [4.78, 5) is 11.5. The zero-order chi connectivity index (χ0) is 15.0. The molecule has 1 unspecified atom stereocenters. The normalized spacial score (nSPS) is 18.1. The summed E-state index contributed by atoms with van der Waals surface area (Å²) in [6.07, 6.45) is 6.27. The van der Waals surface area contributed by atoms with Crippen molar-refractivity contribution in [2.45, 2.75) is 77.0 Å². The molecule has 0 radical (unpaired) electrons. The van der Waals surface area contributed by atoms with Crippen LogP contribution >= 0.6 is 0 Å². The van der Waals surface area contributed by atoms with E-state index in [1.807, 2.05) is 20.8 Å². The first-order valence-corrected chi connectivity index (χ1v) is 7.53. The van der Waals surface area contributed by atoms with Crippen molar-refractivity contribution in [2.24, 2.45) is 0 Å². The van der Waals surface area contributed by atoms with Gasteiger partial charge < -0.3 is 10.1 Å². The van der Waals surface area contributed by atoms with Gasteiger partial charge in [0.05, 0.1) is 12.1 Å². The Balaban J connectivity index is 2.21. The van der Waals surface area contributed by atoms with Crippen LogP contribution in [0.1, 0.15) is 59.3 Å². The molecule has 1 rings (SSSR count). The Hall–Kier alpha value is -1.28. The van der Waals surface area contributed by atoms with Crippen LogP contribution in [0.3, 0.4) is 0 Å². The predicted molar refractivity (Wildman–Crippen MR) is 78.3 cm³/mol. The topological polar surface area (TPSA) is 74.1 Å². The average molecular weight is 281 g/mol. The van der Waals surface area contributed by atoms with Gasteiger partial charge in [-0.05, 0) is 40.0 Å². The summed E-state index contributed by atoms with van der Waals surface area (Å²) in [6, 6.07) is 2.52. The second-order valence-corrected chi connectivity index (χ2v) is 6.40. The summed E-state index contributed by atoms with van der Waals surface area (Å²) < 4.78 is 5.15. The maximum atomic E-state index is 11.5. The van der Waals surface area contributed by atoms with E-state index in [0.717, 1.165) is 12.8 Å². The maximum absolute atomic E-state index is 11.5. The van der Waals surface area contributed by atoms with Crippen molar-refractivity contribution in [1.29, 1.82) is 5.26 Å². The molecule has 1 saturated carbocycles. The number of nitriles is 1. The number of hydrogen-bond donors (Lipinski definition) is 2. The van der Waals surface area contributed by atoms with E-state index < -0.39 is 11.7 Å². The molecular formula is C15H27N3O2. The quantitative estimate of drug-likeness (QED) is 0.812. The number of hydrogen-bond acceptors (Lipinski definition) is 4. The minimum atomic E-state index is -0.487. The summed E-state index contributed by atoms with van der Waals surface area (Å²) in [6.45, 7) is 5.94. The fourth-order valence-electron chi connectivity index (χ4n) is 2.37. The number of carbonyl (C=O) groups excluding carboxylic acids is 1. The third-order valence-electron chi connectivity index (χ3n) is 3.30. The van der Waals surface area contributed by atoms with E-state index in [4.69, 9.17) is 10.00 Å². The first kappa shape index (κ1) is 16.8. The highest BCUT2D eigenvalue weighted by molar-refractivity contribution is 5.67. The van der Waals surface area contributed by atoms with E-state index in [1.54, 1.807) is 0 Å². The Morgan fingerprint density at radius 1 is 1.35 bits per heavy atom. The summed E-state index contributed by atoms with van der Waals surface area (Å²) >= 11 is 0. The molecule has 0 spiro atoms. The van der Waals surface area contributed by atoms with Gasteiger partial charge in [-0.1, -0.05) is 19.3 Å². The number of rotatable bonds is 5. The first-order chi connectivity index (χ1) is 9.40. The fraction of sp³-hybridized carbons (Fsp3) is 0.867. The predicted octanol–water partition coefficient (Wildman–Crippen LogP) is 2.72. The second-order valence-electron chi connectivity index (χ2n) is 6.40. The van der Waals surface area contributed by atoms with E-state index >= 15 is 0 Å². The van der Waals surface area contributed by atoms with Gasteiger partial charge >= 0.3 is 6.09 Å². The van der Waals surface area contributed by atoms with Crippen LogP contribution in [-0.4, -0.2) is 30.3 Å².